The van der Waals surface area contributed by atoms with Crippen LogP contribution in [-0.2, 0) is 4.74 Å². The second-order valence-electron chi connectivity index (χ2n) is 5.01. The van der Waals surface area contributed by atoms with E-state index in [1.807, 2.05) is 17.8 Å². The number of ether oxygens (including phenoxy) is 1. The molecule has 1 saturated heterocycles. The van der Waals surface area contributed by atoms with Crippen molar-refractivity contribution in [2.45, 2.75) is 30.3 Å². The van der Waals surface area contributed by atoms with Gasteiger partial charge in [-0.05, 0) is 37.5 Å². The average Bonchev–Trinajstić information content (AvgIpc) is 2.41. The third-order valence-electron chi connectivity index (χ3n) is 3.64. The van der Waals surface area contributed by atoms with Gasteiger partial charge in [-0.2, -0.15) is 0 Å². The summed E-state index contributed by atoms with van der Waals surface area (Å²) in [6.45, 7) is 3.04. The number of nitrogens with zero attached hydrogens (tertiary/aromatic N) is 1. The molecule has 3 rings (SSSR count). The summed E-state index contributed by atoms with van der Waals surface area (Å²) in [6, 6.07) is 6.24. The fourth-order valence-electron chi connectivity index (χ4n) is 2.68. The summed E-state index contributed by atoms with van der Waals surface area (Å²) >= 11 is 1.93. The van der Waals surface area contributed by atoms with Gasteiger partial charge in [-0.15, -0.1) is 11.8 Å². The molecule has 18 heavy (non-hydrogen) atoms. The fraction of sp³-hybridized carbons (Fsp3) is 0.571. The van der Waals surface area contributed by atoms with Gasteiger partial charge >= 0.3 is 0 Å². The van der Waals surface area contributed by atoms with Gasteiger partial charge in [-0.25, -0.2) is 0 Å². The van der Waals surface area contributed by atoms with Crippen LogP contribution in [0, 0.1) is 0 Å². The predicted molar refractivity (Wildman–Crippen MR) is 77.4 cm³/mol. The van der Waals surface area contributed by atoms with Crippen molar-refractivity contribution < 1.29 is 4.74 Å². The van der Waals surface area contributed by atoms with Gasteiger partial charge in [-0.1, -0.05) is 0 Å². The highest BCUT2D eigenvalue weighted by Gasteiger charge is 2.22. The third kappa shape index (κ3) is 2.59. The first-order valence-corrected chi connectivity index (χ1v) is 7.70. The van der Waals surface area contributed by atoms with E-state index in [1.54, 1.807) is 0 Å². The van der Waals surface area contributed by atoms with Crippen molar-refractivity contribution >= 4 is 23.1 Å². The second-order valence-corrected chi connectivity index (χ2v) is 6.15. The number of benzene rings is 1. The van der Waals surface area contributed by atoms with Crippen LogP contribution in [0.5, 0.6) is 0 Å². The lowest BCUT2D eigenvalue weighted by molar-refractivity contribution is 0.0210. The largest absolute Gasteiger partial charge is 0.399 e. The Bertz CT molecular complexity index is 418. The van der Waals surface area contributed by atoms with Crippen molar-refractivity contribution in [3.05, 3.63) is 18.2 Å². The molecular weight excluding hydrogens is 244 g/mol. The van der Waals surface area contributed by atoms with Crippen LogP contribution in [0.15, 0.2) is 23.1 Å². The number of thioether (sulfide) groups is 1. The van der Waals surface area contributed by atoms with Crippen molar-refractivity contribution in [1.82, 2.24) is 0 Å². The molecular formula is C14H20N2OS. The first kappa shape index (κ1) is 12.2. The average molecular weight is 264 g/mol. The van der Waals surface area contributed by atoms with Crippen LogP contribution in [0.2, 0.25) is 0 Å². The highest BCUT2D eigenvalue weighted by atomic mass is 32.2. The monoisotopic (exact) mass is 264 g/mol. The quantitative estimate of drug-likeness (QED) is 0.834. The molecule has 4 heteroatoms. The number of nitrogens with two attached hydrogens (primary N) is 1. The molecule has 2 N–H and O–H groups in total. The van der Waals surface area contributed by atoms with Gasteiger partial charge in [0.15, 0.2) is 0 Å². The minimum atomic E-state index is 0.399. The minimum Gasteiger partial charge on any atom is -0.399 e. The van der Waals surface area contributed by atoms with Crippen LogP contribution in [0.4, 0.5) is 11.4 Å². The van der Waals surface area contributed by atoms with Crippen LogP contribution in [0.25, 0.3) is 0 Å². The Hall–Kier alpha value is -0.870. The topological polar surface area (TPSA) is 38.5 Å². The predicted octanol–water partition coefficient (Wildman–Crippen LogP) is 2.75. The van der Waals surface area contributed by atoms with E-state index < -0.39 is 0 Å². The van der Waals surface area contributed by atoms with Crippen LogP contribution >= 0.6 is 11.8 Å². The summed E-state index contributed by atoms with van der Waals surface area (Å²) in [6.07, 6.45) is 4.12. The molecule has 1 fully saturated rings. The van der Waals surface area contributed by atoms with Crippen LogP contribution in [-0.4, -0.2) is 31.6 Å². The van der Waals surface area contributed by atoms with E-state index in [-0.39, 0.29) is 0 Å². The number of nitrogen functional groups attached to an aromatic ring is 1. The lowest BCUT2D eigenvalue weighted by atomic mass is 10.1. The molecule has 98 valence electrons. The van der Waals surface area contributed by atoms with Gasteiger partial charge < -0.3 is 15.4 Å². The molecule has 1 unspecified atom stereocenters. The van der Waals surface area contributed by atoms with Crippen molar-refractivity contribution in [3.63, 3.8) is 0 Å². The van der Waals surface area contributed by atoms with Crippen molar-refractivity contribution in [2.75, 3.05) is 36.1 Å². The molecule has 0 radical (unpaired) electrons. The van der Waals surface area contributed by atoms with E-state index in [1.165, 1.54) is 29.8 Å². The van der Waals surface area contributed by atoms with Gasteiger partial charge in [0.1, 0.15) is 0 Å². The smallest absolute Gasteiger partial charge is 0.0749 e. The molecule has 0 aliphatic carbocycles. The summed E-state index contributed by atoms with van der Waals surface area (Å²) in [5, 5.41) is 0. The molecule has 2 aliphatic rings. The lowest BCUT2D eigenvalue weighted by Crippen LogP contribution is -2.38. The highest BCUT2D eigenvalue weighted by molar-refractivity contribution is 7.99. The van der Waals surface area contributed by atoms with E-state index in [4.69, 9.17) is 10.5 Å². The molecule has 2 aliphatic heterocycles. The number of fused-ring (bicyclic) bond motifs is 1. The summed E-state index contributed by atoms with van der Waals surface area (Å²) in [5.41, 5.74) is 8.05. The lowest BCUT2D eigenvalue weighted by Gasteiger charge is -2.35. The van der Waals surface area contributed by atoms with E-state index in [9.17, 15) is 0 Å². The Balaban J connectivity index is 1.75. The first-order valence-electron chi connectivity index (χ1n) is 6.72. The zero-order valence-electron chi connectivity index (χ0n) is 10.6. The number of hydrogen-bond acceptors (Lipinski definition) is 4. The van der Waals surface area contributed by atoms with Gasteiger partial charge in [0.05, 0.1) is 11.8 Å². The molecule has 1 atom stereocenters. The molecule has 0 bridgehead atoms. The standard InChI is InChI=1S/C14H20N2OS/c15-11-4-5-14-13(9-11)16(6-8-18-14)10-12-3-1-2-7-17-12/h4-5,9,12H,1-3,6-8,10,15H2. The number of rotatable bonds is 2. The summed E-state index contributed by atoms with van der Waals surface area (Å²) in [5.74, 6) is 1.16. The summed E-state index contributed by atoms with van der Waals surface area (Å²) < 4.78 is 5.85. The van der Waals surface area contributed by atoms with Gasteiger partial charge in [0.25, 0.3) is 0 Å². The van der Waals surface area contributed by atoms with Crippen LogP contribution in [0.3, 0.4) is 0 Å². The molecule has 0 spiro atoms. The zero-order chi connectivity index (χ0) is 12.4. The fourth-order valence-corrected chi connectivity index (χ4v) is 3.71. The normalized spacial score (nSPS) is 23.8. The summed E-state index contributed by atoms with van der Waals surface area (Å²) in [7, 11) is 0. The molecule has 0 saturated carbocycles. The van der Waals surface area contributed by atoms with E-state index >= 15 is 0 Å². The highest BCUT2D eigenvalue weighted by Crippen LogP contribution is 2.36. The summed E-state index contributed by atoms with van der Waals surface area (Å²) in [4.78, 5) is 3.80. The maximum absolute atomic E-state index is 5.91. The molecule has 1 aromatic carbocycles. The number of anilines is 2. The van der Waals surface area contributed by atoms with Gasteiger partial charge in [0.2, 0.25) is 0 Å². The maximum Gasteiger partial charge on any atom is 0.0749 e. The van der Waals surface area contributed by atoms with Crippen LogP contribution < -0.4 is 10.6 Å². The van der Waals surface area contributed by atoms with Crippen molar-refractivity contribution in [3.8, 4) is 0 Å². The van der Waals surface area contributed by atoms with E-state index in [0.717, 1.165) is 31.1 Å². The third-order valence-corrected chi connectivity index (χ3v) is 4.68. The molecule has 2 heterocycles. The minimum absolute atomic E-state index is 0.399. The zero-order valence-corrected chi connectivity index (χ0v) is 11.4. The van der Waals surface area contributed by atoms with Crippen molar-refractivity contribution in [2.24, 2.45) is 0 Å². The first-order chi connectivity index (χ1) is 8.83. The Labute approximate surface area is 113 Å². The molecule has 0 amide bonds. The maximum atomic E-state index is 5.91. The Morgan fingerprint density at radius 2 is 2.33 bits per heavy atom. The Morgan fingerprint density at radius 3 is 3.17 bits per heavy atom. The molecule has 3 nitrogen and oxygen atoms in total. The SMILES string of the molecule is Nc1ccc2c(c1)N(CC1CCCCO1)CCS2. The number of hydrogen-bond donors (Lipinski definition) is 1. The van der Waals surface area contributed by atoms with Gasteiger partial charge in [0, 0.05) is 36.0 Å². The molecule has 0 aromatic heterocycles. The van der Waals surface area contributed by atoms with Gasteiger partial charge in [-0.3, -0.25) is 0 Å². The van der Waals surface area contributed by atoms with Crippen molar-refractivity contribution in [1.29, 1.82) is 0 Å². The van der Waals surface area contributed by atoms with E-state index in [2.05, 4.69) is 17.0 Å². The van der Waals surface area contributed by atoms with E-state index in [0.29, 0.717) is 6.10 Å². The molecule has 1 aromatic rings. The Kier molecular flexibility index (Phi) is 3.66. The Morgan fingerprint density at radius 1 is 1.39 bits per heavy atom. The van der Waals surface area contributed by atoms with Crippen LogP contribution in [0.1, 0.15) is 19.3 Å². The second kappa shape index (κ2) is 5.41.